The molecule has 1 amide bonds. The smallest absolute Gasteiger partial charge is 0.416 e. The van der Waals surface area contributed by atoms with E-state index in [9.17, 15) is 18.0 Å². The van der Waals surface area contributed by atoms with Crippen LogP contribution in [0.5, 0.6) is 6.01 Å². The molecule has 0 radical (unpaired) electrons. The molecule has 30 heavy (non-hydrogen) atoms. The number of nitrogens with one attached hydrogen (secondary N) is 1. The summed E-state index contributed by atoms with van der Waals surface area (Å²) in [4.78, 5) is 15.9. The van der Waals surface area contributed by atoms with Gasteiger partial charge in [0.25, 0.3) is 0 Å². The molecule has 0 aliphatic rings. The van der Waals surface area contributed by atoms with E-state index in [1.54, 1.807) is 31.2 Å². The van der Waals surface area contributed by atoms with Crippen molar-refractivity contribution in [3.63, 3.8) is 0 Å². The third-order valence-corrected chi connectivity index (χ3v) is 3.98. The maximum atomic E-state index is 13.1. The predicted octanol–water partition coefficient (Wildman–Crippen LogP) is 3.94. The van der Waals surface area contributed by atoms with Gasteiger partial charge in [-0.05, 0) is 43.3 Å². The fourth-order valence-electron chi connectivity index (χ4n) is 2.70. The first-order valence-electron chi connectivity index (χ1n) is 8.98. The van der Waals surface area contributed by atoms with Crippen molar-refractivity contribution in [2.45, 2.75) is 13.1 Å². The summed E-state index contributed by atoms with van der Waals surface area (Å²) in [5, 5.41) is 6.91. The van der Waals surface area contributed by atoms with Gasteiger partial charge in [-0.2, -0.15) is 18.2 Å². The van der Waals surface area contributed by atoms with Gasteiger partial charge in [-0.25, -0.2) is 4.68 Å². The Morgan fingerprint density at radius 2 is 1.90 bits per heavy atom. The van der Waals surface area contributed by atoms with Crippen LogP contribution in [-0.4, -0.2) is 41.0 Å². The molecule has 158 valence electrons. The monoisotopic (exact) mass is 420 g/mol. The van der Waals surface area contributed by atoms with E-state index >= 15 is 0 Å². The van der Waals surface area contributed by atoms with E-state index < -0.39 is 11.7 Å². The summed E-state index contributed by atoms with van der Waals surface area (Å²) < 4.78 is 50.9. The van der Waals surface area contributed by atoms with Gasteiger partial charge in [-0.1, -0.05) is 12.1 Å². The number of carbonyl (C=O) groups excluding carboxylic acids is 1. The summed E-state index contributed by atoms with van der Waals surface area (Å²) >= 11 is 0. The maximum Gasteiger partial charge on any atom is 0.416 e. The molecule has 0 aliphatic heterocycles. The summed E-state index contributed by atoms with van der Waals surface area (Å²) in [6, 6.07) is 11.5. The van der Waals surface area contributed by atoms with Crippen molar-refractivity contribution in [1.82, 2.24) is 14.8 Å². The van der Waals surface area contributed by atoms with Crippen LogP contribution in [0.4, 0.5) is 18.9 Å². The Balaban J connectivity index is 1.98. The SMILES string of the molecule is CCOc1nc(-c2cccc(C(F)(F)F)c2)n(-c2ccc(NC(=O)COC)cc2)n1. The van der Waals surface area contributed by atoms with Crippen LogP contribution in [0.15, 0.2) is 48.5 Å². The first-order valence-corrected chi connectivity index (χ1v) is 8.98. The van der Waals surface area contributed by atoms with Gasteiger partial charge in [-0.15, -0.1) is 5.10 Å². The van der Waals surface area contributed by atoms with Gasteiger partial charge in [0.15, 0.2) is 5.82 Å². The number of hydrogen-bond donors (Lipinski definition) is 1. The number of alkyl halides is 3. The van der Waals surface area contributed by atoms with E-state index in [0.29, 0.717) is 18.0 Å². The van der Waals surface area contributed by atoms with Gasteiger partial charge in [-0.3, -0.25) is 4.79 Å². The minimum absolute atomic E-state index is 0.0439. The molecule has 2 aromatic carbocycles. The van der Waals surface area contributed by atoms with Gasteiger partial charge < -0.3 is 14.8 Å². The largest absolute Gasteiger partial charge is 0.463 e. The Kier molecular flexibility index (Phi) is 6.36. The molecule has 3 rings (SSSR count). The van der Waals surface area contributed by atoms with Crippen LogP contribution in [0, 0.1) is 0 Å². The Hall–Kier alpha value is -3.40. The fourth-order valence-corrected chi connectivity index (χ4v) is 2.70. The number of amides is 1. The van der Waals surface area contributed by atoms with Crippen molar-refractivity contribution in [1.29, 1.82) is 0 Å². The molecule has 1 heterocycles. The van der Waals surface area contributed by atoms with E-state index in [-0.39, 0.29) is 29.9 Å². The second kappa shape index (κ2) is 8.95. The zero-order valence-electron chi connectivity index (χ0n) is 16.2. The lowest BCUT2D eigenvalue weighted by Gasteiger charge is -2.10. The van der Waals surface area contributed by atoms with E-state index in [1.165, 1.54) is 23.9 Å². The van der Waals surface area contributed by atoms with Crippen molar-refractivity contribution >= 4 is 11.6 Å². The molecule has 10 heteroatoms. The van der Waals surface area contributed by atoms with Gasteiger partial charge in [0.1, 0.15) is 6.61 Å². The highest BCUT2D eigenvalue weighted by molar-refractivity contribution is 5.91. The van der Waals surface area contributed by atoms with Crippen molar-refractivity contribution in [2.75, 3.05) is 25.6 Å². The Morgan fingerprint density at radius 3 is 2.53 bits per heavy atom. The summed E-state index contributed by atoms with van der Waals surface area (Å²) in [6.45, 7) is 1.97. The second-order valence-electron chi connectivity index (χ2n) is 6.17. The van der Waals surface area contributed by atoms with Crippen molar-refractivity contribution in [2.24, 2.45) is 0 Å². The minimum atomic E-state index is -4.48. The van der Waals surface area contributed by atoms with Crippen LogP contribution in [0.1, 0.15) is 12.5 Å². The van der Waals surface area contributed by atoms with Crippen LogP contribution >= 0.6 is 0 Å². The van der Waals surface area contributed by atoms with Gasteiger partial charge >= 0.3 is 12.2 Å². The van der Waals surface area contributed by atoms with Crippen LogP contribution in [0.2, 0.25) is 0 Å². The highest BCUT2D eigenvalue weighted by Gasteiger charge is 2.31. The number of carbonyl (C=O) groups is 1. The van der Waals surface area contributed by atoms with E-state index in [4.69, 9.17) is 9.47 Å². The second-order valence-corrected chi connectivity index (χ2v) is 6.17. The molecule has 0 unspecified atom stereocenters. The lowest BCUT2D eigenvalue weighted by molar-refractivity contribution is -0.137. The Labute approximate surface area is 170 Å². The number of halogens is 3. The van der Waals surface area contributed by atoms with Gasteiger partial charge in [0.2, 0.25) is 5.91 Å². The summed E-state index contributed by atoms with van der Waals surface area (Å²) in [6.07, 6.45) is -4.48. The number of rotatable bonds is 7. The number of hydrogen-bond acceptors (Lipinski definition) is 5. The highest BCUT2D eigenvalue weighted by Crippen LogP contribution is 2.32. The Bertz CT molecular complexity index is 1020. The number of aromatic nitrogens is 3. The van der Waals surface area contributed by atoms with Crippen LogP contribution in [0.25, 0.3) is 17.1 Å². The minimum Gasteiger partial charge on any atom is -0.463 e. The number of nitrogens with zero attached hydrogens (tertiary/aromatic N) is 3. The van der Waals surface area contributed by atoms with Crippen LogP contribution < -0.4 is 10.1 Å². The van der Waals surface area contributed by atoms with Crippen molar-refractivity contribution in [3.8, 4) is 23.1 Å². The van der Waals surface area contributed by atoms with Crippen LogP contribution in [-0.2, 0) is 15.7 Å². The molecule has 0 fully saturated rings. The number of benzene rings is 2. The fraction of sp³-hybridized carbons (Fsp3) is 0.250. The topological polar surface area (TPSA) is 78.3 Å². The number of ether oxygens (including phenoxy) is 2. The molecule has 0 saturated carbocycles. The quantitative estimate of drug-likeness (QED) is 0.627. The molecular formula is C20H19F3N4O3. The molecule has 0 atom stereocenters. The van der Waals surface area contributed by atoms with Gasteiger partial charge in [0, 0.05) is 18.4 Å². The molecule has 0 saturated heterocycles. The van der Waals surface area contributed by atoms with Gasteiger partial charge in [0.05, 0.1) is 17.9 Å². The lowest BCUT2D eigenvalue weighted by atomic mass is 10.1. The number of methoxy groups -OCH3 is 1. The molecule has 0 aliphatic carbocycles. The third kappa shape index (κ3) is 4.95. The van der Waals surface area contributed by atoms with Crippen LogP contribution in [0.3, 0.4) is 0 Å². The predicted molar refractivity (Wildman–Crippen MR) is 103 cm³/mol. The van der Waals surface area contributed by atoms with E-state index in [0.717, 1.165) is 12.1 Å². The Morgan fingerprint density at radius 1 is 1.17 bits per heavy atom. The normalized spacial score (nSPS) is 11.4. The van der Waals surface area contributed by atoms with E-state index in [2.05, 4.69) is 15.4 Å². The standard InChI is InChI=1S/C20H19F3N4O3/c1-3-30-19-25-18(13-5-4-6-14(11-13)20(21,22)23)27(26-19)16-9-7-15(8-10-16)24-17(28)12-29-2/h4-11H,3,12H2,1-2H3,(H,24,28). The third-order valence-electron chi connectivity index (χ3n) is 3.98. The average Bonchev–Trinajstić information content (AvgIpc) is 3.12. The summed E-state index contributed by atoms with van der Waals surface area (Å²) in [7, 11) is 1.42. The summed E-state index contributed by atoms with van der Waals surface area (Å²) in [5.74, 6) is -0.116. The molecule has 1 N–H and O–H groups in total. The van der Waals surface area contributed by atoms with Crippen molar-refractivity contribution in [3.05, 3.63) is 54.1 Å². The summed E-state index contributed by atoms with van der Waals surface area (Å²) in [5.41, 5.74) is 0.515. The zero-order chi connectivity index (χ0) is 21.7. The zero-order valence-corrected chi connectivity index (χ0v) is 16.2. The molecule has 7 nitrogen and oxygen atoms in total. The maximum absolute atomic E-state index is 13.1. The highest BCUT2D eigenvalue weighted by atomic mass is 19.4. The molecule has 0 bridgehead atoms. The van der Waals surface area contributed by atoms with Crippen molar-refractivity contribution < 1.29 is 27.4 Å². The number of anilines is 1. The molecular weight excluding hydrogens is 401 g/mol. The average molecular weight is 420 g/mol. The molecule has 0 spiro atoms. The first kappa shape index (κ1) is 21.3. The first-order chi connectivity index (χ1) is 14.3. The molecule has 3 aromatic rings. The molecule has 1 aromatic heterocycles. The lowest BCUT2D eigenvalue weighted by Crippen LogP contribution is -2.17. The van der Waals surface area contributed by atoms with E-state index in [1.807, 2.05) is 0 Å².